The highest BCUT2D eigenvalue weighted by Gasteiger charge is 2.30. The van der Waals surface area contributed by atoms with Gasteiger partial charge in [0.05, 0.1) is 27.2 Å². The second kappa shape index (κ2) is 6.73. The van der Waals surface area contributed by atoms with Crippen LogP contribution in [-0.4, -0.2) is 34.6 Å². The van der Waals surface area contributed by atoms with Crippen molar-refractivity contribution in [2.24, 2.45) is 0 Å². The Kier molecular flexibility index (Phi) is 5.19. The highest BCUT2D eigenvalue weighted by molar-refractivity contribution is 6.44. The van der Waals surface area contributed by atoms with E-state index < -0.39 is 5.97 Å². The Balaban J connectivity index is 2.10. The van der Waals surface area contributed by atoms with E-state index in [9.17, 15) is 9.59 Å². The van der Waals surface area contributed by atoms with Crippen LogP contribution in [0.25, 0.3) is 0 Å². The summed E-state index contributed by atoms with van der Waals surface area (Å²) in [6.07, 6.45) is 1.39. The number of urea groups is 1. The maximum absolute atomic E-state index is 12.2. The maximum atomic E-state index is 12.2. The van der Waals surface area contributed by atoms with Gasteiger partial charge in [0, 0.05) is 12.6 Å². The van der Waals surface area contributed by atoms with Gasteiger partial charge in [-0.2, -0.15) is 0 Å². The number of benzene rings is 1. The third kappa shape index (κ3) is 3.93. The summed E-state index contributed by atoms with van der Waals surface area (Å²) in [6.45, 7) is 0.517. The van der Waals surface area contributed by atoms with Gasteiger partial charge >= 0.3 is 12.0 Å². The van der Waals surface area contributed by atoms with Crippen LogP contribution in [0.1, 0.15) is 19.3 Å². The minimum absolute atomic E-state index is 0.0669. The number of rotatable bonds is 3. The van der Waals surface area contributed by atoms with Crippen molar-refractivity contribution in [3.05, 3.63) is 27.2 Å². The Morgan fingerprint density at radius 3 is 2.57 bits per heavy atom. The van der Waals surface area contributed by atoms with E-state index >= 15 is 0 Å². The van der Waals surface area contributed by atoms with Crippen LogP contribution >= 0.6 is 34.8 Å². The van der Waals surface area contributed by atoms with Crippen LogP contribution in [0.4, 0.5) is 10.5 Å². The molecular weight excluding hydrogens is 339 g/mol. The van der Waals surface area contributed by atoms with Gasteiger partial charge in [-0.05, 0) is 25.0 Å². The molecule has 1 fully saturated rings. The molecule has 1 unspecified atom stereocenters. The van der Waals surface area contributed by atoms with Crippen LogP contribution in [0.15, 0.2) is 12.1 Å². The van der Waals surface area contributed by atoms with Gasteiger partial charge in [-0.25, -0.2) is 4.79 Å². The predicted octanol–water partition coefficient (Wildman–Crippen LogP) is 4.12. The van der Waals surface area contributed by atoms with Crippen LogP contribution in [0.3, 0.4) is 0 Å². The number of anilines is 1. The van der Waals surface area contributed by atoms with Gasteiger partial charge in [-0.1, -0.05) is 34.8 Å². The molecule has 5 nitrogen and oxygen atoms in total. The molecule has 1 aliphatic rings. The largest absolute Gasteiger partial charge is 0.481 e. The summed E-state index contributed by atoms with van der Waals surface area (Å²) in [5.74, 6) is -0.924. The molecule has 1 aromatic carbocycles. The summed E-state index contributed by atoms with van der Waals surface area (Å²) < 4.78 is 0. The average molecular weight is 352 g/mol. The molecule has 0 spiro atoms. The fourth-order valence-corrected chi connectivity index (χ4v) is 2.92. The molecule has 1 atom stereocenters. The summed E-state index contributed by atoms with van der Waals surface area (Å²) in [7, 11) is 0. The number of carbonyl (C=O) groups excluding carboxylic acids is 1. The molecule has 0 bridgehead atoms. The number of amides is 2. The van der Waals surface area contributed by atoms with E-state index in [1.807, 2.05) is 0 Å². The van der Waals surface area contributed by atoms with E-state index in [-0.39, 0.29) is 28.5 Å². The minimum atomic E-state index is -0.924. The normalized spacial score (nSPS) is 17.9. The van der Waals surface area contributed by atoms with E-state index in [1.54, 1.807) is 0 Å². The number of nitrogens with one attached hydrogen (secondary N) is 1. The van der Waals surface area contributed by atoms with Gasteiger partial charge in [-0.15, -0.1) is 0 Å². The highest BCUT2D eigenvalue weighted by Crippen LogP contribution is 2.32. The molecular formula is C13H13Cl3N2O3. The molecule has 114 valence electrons. The second-order valence-electron chi connectivity index (χ2n) is 4.76. The van der Waals surface area contributed by atoms with Gasteiger partial charge in [0.25, 0.3) is 0 Å². The summed E-state index contributed by atoms with van der Waals surface area (Å²) in [5, 5.41) is 12.3. The van der Waals surface area contributed by atoms with Crippen molar-refractivity contribution >= 4 is 52.5 Å². The first kappa shape index (κ1) is 16.2. The first-order valence-corrected chi connectivity index (χ1v) is 7.46. The number of aliphatic carboxylic acids is 1. The molecule has 21 heavy (non-hydrogen) atoms. The number of hydrogen-bond donors (Lipinski definition) is 2. The lowest BCUT2D eigenvalue weighted by atomic mass is 10.1. The zero-order valence-corrected chi connectivity index (χ0v) is 13.2. The zero-order valence-electron chi connectivity index (χ0n) is 10.9. The van der Waals surface area contributed by atoms with Gasteiger partial charge in [0.15, 0.2) is 0 Å². The summed E-state index contributed by atoms with van der Waals surface area (Å²) in [6, 6.07) is 2.22. The number of nitrogens with zero attached hydrogens (tertiary/aromatic N) is 1. The molecule has 2 rings (SSSR count). The lowest BCUT2D eigenvalue weighted by molar-refractivity contribution is -0.137. The van der Waals surface area contributed by atoms with Gasteiger partial charge < -0.3 is 15.3 Å². The predicted molar refractivity (Wildman–Crippen MR) is 82.5 cm³/mol. The van der Waals surface area contributed by atoms with Crippen molar-refractivity contribution in [2.75, 3.05) is 11.9 Å². The van der Waals surface area contributed by atoms with Crippen molar-refractivity contribution < 1.29 is 14.7 Å². The fraction of sp³-hybridized carbons (Fsp3) is 0.385. The Morgan fingerprint density at radius 2 is 1.90 bits per heavy atom. The standard InChI is InChI=1S/C13H13Cl3N2O3/c14-8-5-10(16)11(6-9(8)15)17-13(21)18-3-1-2-7(18)4-12(19)20/h5-7H,1-4H2,(H,17,21)(H,19,20). The maximum Gasteiger partial charge on any atom is 0.322 e. The molecule has 2 amide bonds. The van der Waals surface area contributed by atoms with E-state index in [2.05, 4.69) is 5.32 Å². The van der Waals surface area contributed by atoms with Crippen molar-refractivity contribution in [1.82, 2.24) is 4.90 Å². The Hall–Kier alpha value is -1.17. The third-order valence-electron chi connectivity index (χ3n) is 3.30. The lowest BCUT2D eigenvalue weighted by Gasteiger charge is -2.24. The third-order valence-corrected chi connectivity index (χ3v) is 4.33. The Morgan fingerprint density at radius 1 is 1.24 bits per heavy atom. The lowest BCUT2D eigenvalue weighted by Crippen LogP contribution is -2.39. The van der Waals surface area contributed by atoms with Crippen molar-refractivity contribution in [1.29, 1.82) is 0 Å². The van der Waals surface area contributed by atoms with E-state index in [0.29, 0.717) is 23.7 Å². The molecule has 0 saturated carbocycles. The minimum Gasteiger partial charge on any atom is -0.481 e. The number of carboxylic acid groups (broad SMARTS) is 1. The molecule has 0 radical (unpaired) electrons. The van der Waals surface area contributed by atoms with E-state index in [4.69, 9.17) is 39.9 Å². The topological polar surface area (TPSA) is 69.6 Å². The van der Waals surface area contributed by atoms with Crippen LogP contribution < -0.4 is 5.32 Å². The molecule has 1 aliphatic heterocycles. The van der Waals surface area contributed by atoms with Crippen molar-refractivity contribution in [3.8, 4) is 0 Å². The van der Waals surface area contributed by atoms with E-state index in [0.717, 1.165) is 6.42 Å². The molecule has 8 heteroatoms. The van der Waals surface area contributed by atoms with Gasteiger partial charge in [-0.3, -0.25) is 4.79 Å². The SMILES string of the molecule is O=C(O)CC1CCCN1C(=O)Nc1cc(Cl)c(Cl)cc1Cl. The molecule has 1 aromatic rings. The first-order chi connectivity index (χ1) is 9.88. The smallest absolute Gasteiger partial charge is 0.322 e. The van der Waals surface area contributed by atoms with Gasteiger partial charge in [0.2, 0.25) is 0 Å². The number of halogens is 3. The van der Waals surface area contributed by atoms with Crippen LogP contribution in [0, 0.1) is 0 Å². The Bertz CT molecular complexity index is 580. The molecule has 1 heterocycles. The number of likely N-dealkylation sites (tertiary alicyclic amines) is 1. The first-order valence-electron chi connectivity index (χ1n) is 6.32. The zero-order chi connectivity index (χ0) is 15.6. The second-order valence-corrected chi connectivity index (χ2v) is 5.99. The Labute approximate surface area is 136 Å². The van der Waals surface area contributed by atoms with E-state index in [1.165, 1.54) is 17.0 Å². The molecule has 1 saturated heterocycles. The van der Waals surface area contributed by atoms with Crippen molar-refractivity contribution in [2.45, 2.75) is 25.3 Å². The number of carboxylic acids is 1. The van der Waals surface area contributed by atoms with Crippen LogP contribution in [-0.2, 0) is 4.79 Å². The number of hydrogen-bond acceptors (Lipinski definition) is 2. The van der Waals surface area contributed by atoms with Crippen LogP contribution in [0.5, 0.6) is 0 Å². The quantitative estimate of drug-likeness (QED) is 0.805. The molecule has 0 aromatic heterocycles. The summed E-state index contributed by atoms with van der Waals surface area (Å²) in [4.78, 5) is 24.6. The van der Waals surface area contributed by atoms with Gasteiger partial charge in [0.1, 0.15) is 0 Å². The molecule has 2 N–H and O–H groups in total. The fourth-order valence-electron chi connectivity index (χ4n) is 2.32. The summed E-state index contributed by atoms with van der Waals surface area (Å²) >= 11 is 17.7. The number of carbonyl (C=O) groups is 2. The van der Waals surface area contributed by atoms with Crippen LogP contribution in [0.2, 0.25) is 15.1 Å². The average Bonchev–Trinajstić information content (AvgIpc) is 2.83. The monoisotopic (exact) mass is 350 g/mol. The van der Waals surface area contributed by atoms with Crippen molar-refractivity contribution in [3.63, 3.8) is 0 Å². The highest BCUT2D eigenvalue weighted by atomic mass is 35.5. The summed E-state index contributed by atoms with van der Waals surface area (Å²) in [5.41, 5.74) is 0.344. The molecule has 0 aliphatic carbocycles.